The van der Waals surface area contributed by atoms with E-state index in [1.54, 1.807) is 0 Å². The van der Waals surface area contributed by atoms with Crippen molar-refractivity contribution < 1.29 is 9.90 Å². The molecule has 2 aliphatic rings. The van der Waals surface area contributed by atoms with Gasteiger partial charge in [0.05, 0.1) is 0 Å². The Kier molecular flexibility index (Phi) is 3.43. The lowest BCUT2D eigenvalue weighted by molar-refractivity contribution is -0.133. The summed E-state index contributed by atoms with van der Waals surface area (Å²) in [5.41, 5.74) is 4.31. The first-order valence-electron chi connectivity index (χ1n) is 7.97. The van der Waals surface area contributed by atoms with E-state index in [1.165, 1.54) is 18.4 Å². The van der Waals surface area contributed by atoms with E-state index in [2.05, 4.69) is 45.0 Å². The fraction of sp³-hybridized carbons (Fsp3) is 0.526. The summed E-state index contributed by atoms with van der Waals surface area (Å²) in [6.45, 7) is 6.66. The van der Waals surface area contributed by atoms with E-state index in [1.807, 2.05) is 0 Å². The molecule has 1 N–H and O–H groups in total. The van der Waals surface area contributed by atoms with Crippen molar-refractivity contribution in [3.05, 3.63) is 41.0 Å². The summed E-state index contributed by atoms with van der Waals surface area (Å²) in [6, 6.07) is 8.63. The Balaban J connectivity index is 2.03. The maximum absolute atomic E-state index is 11.6. The minimum atomic E-state index is -0.751. The molecule has 1 aromatic carbocycles. The maximum atomic E-state index is 11.6. The summed E-state index contributed by atoms with van der Waals surface area (Å²) in [6.07, 6.45) is 4.21. The molecule has 1 saturated carbocycles. The molecule has 1 atom stereocenters. The third-order valence-electron chi connectivity index (χ3n) is 5.48. The van der Waals surface area contributed by atoms with Gasteiger partial charge in [-0.2, -0.15) is 0 Å². The molecule has 0 saturated heterocycles. The normalized spacial score (nSPS) is 25.0. The average molecular weight is 284 g/mol. The molecule has 0 aromatic heterocycles. The second-order valence-corrected chi connectivity index (χ2v) is 7.30. The predicted molar refractivity (Wildman–Crippen MR) is 85.2 cm³/mol. The molecule has 0 radical (unpaired) electrons. The summed E-state index contributed by atoms with van der Waals surface area (Å²) >= 11 is 0. The molecule has 0 spiro atoms. The van der Waals surface area contributed by atoms with E-state index in [-0.39, 0.29) is 11.3 Å². The Bertz CT molecular complexity index is 588. The highest BCUT2D eigenvalue weighted by Crippen LogP contribution is 2.48. The van der Waals surface area contributed by atoms with Crippen LogP contribution in [0, 0.1) is 11.3 Å². The van der Waals surface area contributed by atoms with E-state index in [0.717, 1.165) is 23.5 Å². The SMILES string of the molecule is CC1C(c2ccc(C3CC3)cc2)=C(C(=O)O)CCC1(C)C. The molecular formula is C19H24O2. The van der Waals surface area contributed by atoms with Crippen molar-refractivity contribution in [2.24, 2.45) is 11.3 Å². The molecule has 2 nitrogen and oxygen atoms in total. The molecule has 1 aromatic rings. The highest BCUT2D eigenvalue weighted by Gasteiger charge is 2.37. The van der Waals surface area contributed by atoms with Crippen LogP contribution in [0.3, 0.4) is 0 Å². The number of aliphatic carboxylic acids is 1. The number of carboxylic acids is 1. The zero-order valence-corrected chi connectivity index (χ0v) is 13.1. The van der Waals surface area contributed by atoms with Crippen molar-refractivity contribution in [1.82, 2.24) is 0 Å². The number of hydrogen-bond donors (Lipinski definition) is 1. The second-order valence-electron chi connectivity index (χ2n) is 7.30. The highest BCUT2D eigenvalue weighted by atomic mass is 16.4. The number of benzene rings is 1. The Morgan fingerprint density at radius 2 is 1.81 bits per heavy atom. The van der Waals surface area contributed by atoms with Crippen LogP contribution >= 0.6 is 0 Å². The topological polar surface area (TPSA) is 37.3 Å². The zero-order valence-electron chi connectivity index (χ0n) is 13.1. The van der Waals surface area contributed by atoms with Gasteiger partial charge in [-0.05, 0) is 59.6 Å². The minimum absolute atomic E-state index is 0.156. The van der Waals surface area contributed by atoms with Crippen LogP contribution in [0.5, 0.6) is 0 Å². The van der Waals surface area contributed by atoms with Crippen molar-refractivity contribution in [3.8, 4) is 0 Å². The number of rotatable bonds is 3. The smallest absolute Gasteiger partial charge is 0.331 e. The van der Waals surface area contributed by atoms with Crippen LogP contribution < -0.4 is 0 Å². The molecule has 2 aliphatic carbocycles. The van der Waals surface area contributed by atoms with Gasteiger partial charge in [0, 0.05) is 5.57 Å². The van der Waals surface area contributed by atoms with Gasteiger partial charge in [-0.25, -0.2) is 4.79 Å². The van der Waals surface area contributed by atoms with Crippen molar-refractivity contribution >= 4 is 11.5 Å². The molecule has 0 heterocycles. The van der Waals surface area contributed by atoms with Crippen molar-refractivity contribution in [1.29, 1.82) is 0 Å². The van der Waals surface area contributed by atoms with Crippen molar-refractivity contribution in [2.45, 2.75) is 52.4 Å². The standard InChI is InChI=1S/C19H24O2/c1-12-17(16(18(20)21)10-11-19(12,2)3)15-8-6-14(7-9-15)13-4-5-13/h6-9,12-13H,4-5,10-11H2,1-3H3,(H,20,21). The molecule has 1 unspecified atom stereocenters. The summed E-state index contributed by atoms with van der Waals surface area (Å²) in [5, 5.41) is 9.55. The number of allylic oxidation sites excluding steroid dienone is 1. The second kappa shape index (κ2) is 5.01. The molecule has 0 aliphatic heterocycles. The first-order valence-corrected chi connectivity index (χ1v) is 7.97. The van der Waals surface area contributed by atoms with Crippen molar-refractivity contribution in [2.75, 3.05) is 0 Å². The Morgan fingerprint density at radius 3 is 2.33 bits per heavy atom. The van der Waals surface area contributed by atoms with E-state index in [9.17, 15) is 9.90 Å². The van der Waals surface area contributed by atoms with Crippen LogP contribution in [0.25, 0.3) is 5.57 Å². The van der Waals surface area contributed by atoms with Crippen LogP contribution in [0.4, 0.5) is 0 Å². The van der Waals surface area contributed by atoms with Crippen LogP contribution in [0.1, 0.15) is 63.5 Å². The molecule has 0 bridgehead atoms. The van der Waals surface area contributed by atoms with Crippen LogP contribution in [0.15, 0.2) is 29.8 Å². The molecule has 112 valence electrons. The number of carboxylic acid groups (broad SMARTS) is 1. The van der Waals surface area contributed by atoms with E-state index < -0.39 is 5.97 Å². The van der Waals surface area contributed by atoms with Gasteiger partial charge < -0.3 is 5.11 Å². The van der Waals surface area contributed by atoms with Crippen LogP contribution in [-0.4, -0.2) is 11.1 Å². The lowest BCUT2D eigenvalue weighted by Crippen LogP contribution is -2.29. The molecule has 21 heavy (non-hydrogen) atoms. The fourth-order valence-electron chi connectivity index (χ4n) is 3.45. The molecular weight excluding hydrogens is 260 g/mol. The summed E-state index contributed by atoms with van der Waals surface area (Å²) in [4.78, 5) is 11.6. The van der Waals surface area contributed by atoms with Gasteiger partial charge in [-0.3, -0.25) is 0 Å². The number of carbonyl (C=O) groups is 1. The molecule has 0 amide bonds. The molecule has 3 rings (SSSR count). The summed E-state index contributed by atoms with van der Waals surface area (Å²) in [7, 11) is 0. The van der Waals surface area contributed by atoms with Gasteiger partial charge in [0.15, 0.2) is 0 Å². The average Bonchev–Trinajstić information content (AvgIpc) is 3.26. The quantitative estimate of drug-likeness (QED) is 0.860. The van der Waals surface area contributed by atoms with E-state index in [4.69, 9.17) is 0 Å². The first kappa shape index (κ1) is 14.4. The molecule has 1 fully saturated rings. The van der Waals surface area contributed by atoms with Crippen molar-refractivity contribution in [3.63, 3.8) is 0 Å². The van der Waals surface area contributed by atoms with E-state index in [0.29, 0.717) is 12.0 Å². The lowest BCUT2D eigenvalue weighted by atomic mass is 9.65. The van der Waals surface area contributed by atoms with Crippen LogP contribution in [0.2, 0.25) is 0 Å². The van der Waals surface area contributed by atoms with Gasteiger partial charge >= 0.3 is 5.97 Å². The van der Waals surface area contributed by atoms with Gasteiger partial charge in [-0.15, -0.1) is 0 Å². The van der Waals surface area contributed by atoms with Gasteiger partial charge in [-0.1, -0.05) is 45.0 Å². The Labute approximate surface area is 126 Å². The third-order valence-corrected chi connectivity index (χ3v) is 5.48. The zero-order chi connectivity index (χ0) is 15.2. The third kappa shape index (κ3) is 2.64. The highest BCUT2D eigenvalue weighted by molar-refractivity contribution is 5.97. The summed E-state index contributed by atoms with van der Waals surface area (Å²) < 4.78 is 0. The predicted octanol–water partition coefficient (Wildman–Crippen LogP) is 4.86. The minimum Gasteiger partial charge on any atom is -0.478 e. The van der Waals surface area contributed by atoms with Gasteiger partial charge in [0.25, 0.3) is 0 Å². The lowest BCUT2D eigenvalue weighted by Gasteiger charge is -2.39. The molecule has 2 heteroatoms. The van der Waals surface area contributed by atoms with Gasteiger partial charge in [0.2, 0.25) is 0 Å². The Hall–Kier alpha value is -1.57. The summed E-state index contributed by atoms with van der Waals surface area (Å²) in [5.74, 6) is 0.259. The van der Waals surface area contributed by atoms with E-state index >= 15 is 0 Å². The number of hydrogen-bond acceptors (Lipinski definition) is 1. The maximum Gasteiger partial charge on any atom is 0.331 e. The monoisotopic (exact) mass is 284 g/mol. The Morgan fingerprint density at radius 1 is 1.19 bits per heavy atom. The van der Waals surface area contributed by atoms with Crippen LogP contribution in [-0.2, 0) is 4.79 Å². The van der Waals surface area contributed by atoms with Gasteiger partial charge in [0.1, 0.15) is 0 Å². The fourth-order valence-corrected chi connectivity index (χ4v) is 3.45. The first-order chi connectivity index (χ1) is 9.90. The largest absolute Gasteiger partial charge is 0.478 e.